The molecule has 1 unspecified atom stereocenters. The van der Waals surface area contributed by atoms with E-state index in [9.17, 15) is 4.79 Å². The van der Waals surface area contributed by atoms with E-state index in [0.29, 0.717) is 12.1 Å². The molecule has 0 spiro atoms. The van der Waals surface area contributed by atoms with Crippen LogP contribution in [0.4, 0.5) is 0 Å². The van der Waals surface area contributed by atoms with Gasteiger partial charge in [-0.2, -0.15) is 0 Å². The molecule has 0 heterocycles. The lowest BCUT2D eigenvalue weighted by atomic mass is 10.1. The molecule has 0 saturated carbocycles. The highest BCUT2D eigenvalue weighted by Crippen LogP contribution is 2.21. The molecule has 0 aromatic heterocycles. The van der Waals surface area contributed by atoms with E-state index in [1.807, 2.05) is 42.5 Å². The molecule has 0 aliphatic heterocycles. The second-order valence-electron chi connectivity index (χ2n) is 4.58. The molecular formula is C17H19NO3. The van der Waals surface area contributed by atoms with Crippen LogP contribution >= 0.6 is 0 Å². The molecule has 2 aromatic rings. The molecule has 110 valence electrons. The van der Waals surface area contributed by atoms with E-state index in [-0.39, 0.29) is 12.0 Å². The fourth-order valence-electron chi connectivity index (χ4n) is 2.06. The van der Waals surface area contributed by atoms with Crippen molar-refractivity contribution in [2.24, 2.45) is 0 Å². The first-order valence-corrected chi connectivity index (χ1v) is 6.74. The van der Waals surface area contributed by atoms with Gasteiger partial charge in [-0.15, -0.1) is 0 Å². The largest absolute Gasteiger partial charge is 0.497 e. The van der Waals surface area contributed by atoms with Crippen LogP contribution in [0.1, 0.15) is 22.0 Å². The smallest absolute Gasteiger partial charge is 0.251 e. The quantitative estimate of drug-likeness (QED) is 0.887. The number of amides is 1. The summed E-state index contributed by atoms with van der Waals surface area (Å²) in [5.74, 6) is 0.657. The minimum Gasteiger partial charge on any atom is -0.497 e. The summed E-state index contributed by atoms with van der Waals surface area (Å²) in [6.45, 7) is 0.400. The number of hydrogen-bond acceptors (Lipinski definition) is 3. The maximum atomic E-state index is 12.0. The van der Waals surface area contributed by atoms with Crippen LogP contribution in [-0.2, 0) is 4.74 Å². The van der Waals surface area contributed by atoms with E-state index < -0.39 is 0 Å². The monoisotopic (exact) mass is 285 g/mol. The predicted octanol–water partition coefficient (Wildman–Crippen LogP) is 2.81. The number of nitrogens with one attached hydrogen (secondary N) is 1. The highest BCUT2D eigenvalue weighted by Gasteiger charge is 2.13. The topological polar surface area (TPSA) is 47.6 Å². The minimum atomic E-state index is -0.215. The van der Waals surface area contributed by atoms with E-state index in [1.54, 1.807) is 26.4 Å². The zero-order valence-corrected chi connectivity index (χ0v) is 12.2. The summed E-state index contributed by atoms with van der Waals surface area (Å²) >= 11 is 0. The molecule has 1 atom stereocenters. The van der Waals surface area contributed by atoms with Crippen LogP contribution in [0, 0.1) is 0 Å². The molecule has 0 aliphatic carbocycles. The lowest BCUT2D eigenvalue weighted by molar-refractivity contribution is 0.0827. The molecule has 2 rings (SSSR count). The Bertz CT molecular complexity index is 584. The third-order valence-corrected chi connectivity index (χ3v) is 3.23. The third-order valence-electron chi connectivity index (χ3n) is 3.23. The number of hydrogen-bond donors (Lipinski definition) is 1. The van der Waals surface area contributed by atoms with Gasteiger partial charge in [0.05, 0.1) is 13.2 Å². The number of carbonyl (C=O) groups is 1. The summed E-state index contributed by atoms with van der Waals surface area (Å²) in [7, 11) is 3.25. The second-order valence-corrected chi connectivity index (χ2v) is 4.58. The van der Waals surface area contributed by atoms with E-state index in [1.165, 1.54) is 0 Å². The number of benzene rings is 2. The van der Waals surface area contributed by atoms with Crippen LogP contribution in [0.25, 0.3) is 0 Å². The van der Waals surface area contributed by atoms with E-state index in [0.717, 1.165) is 11.3 Å². The summed E-state index contributed by atoms with van der Waals surface area (Å²) in [6.07, 6.45) is -0.215. The molecule has 1 amide bonds. The zero-order valence-electron chi connectivity index (χ0n) is 12.2. The fraction of sp³-hybridized carbons (Fsp3) is 0.235. The molecular weight excluding hydrogens is 266 g/mol. The minimum absolute atomic E-state index is 0.111. The van der Waals surface area contributed by atoms with Gasteiger partial charge in [0.15, 0.2) is 0 Å². The molecule has 4 nitrogen and oxygen atoms in total. The number of rotatable bonds is 6. The highest BCUT2D eigenvalue weighted by atomic mass is 16.5. The Kier molecular flexibility index (Phi) is 5.35. The maximum absolute atomic E-state index is 12.0. The average molecular weight is 285 g/mol. The van der Waals surface area contributed by atoms with Gasteiger partial charge in [-0.1, -0.05) is 30.3 Å². The molecule has 0 fully saturated rings. The van der Waals surface area contributed by atoms with Crippen molar-refractivity contribution in [3.8, 4) is 5.75 Å². The number of ether oxygens (including phenoxy) is 2. The Morgan fingerprint density at radius 1 is 1.10 bits per heavy atom. The zero-order chi connectivity index (χ0) is 15.1. The van der Waals surface area contributed by atoms with Gasteiger partial charge in [-0.25, -0.2) is 0 Å². The van der Waals surface area contributed by atoms with Gasteiger partial charge in [0.1, 0.15) is 5.75 Å². The lowest BCUT2D eigenvalue weighted by Crippen LogP contribution is -2.29. The lowest BCUT2D eigenvalue weighted by Gasteiger charge is -2.17. The molecule has 4 heteroatoms. The predicted molar refractivity (Wildman–Crippen MR) is 81.5 cm³/mol. The fourth-order valence-corrected chi connectivity index (χ4v) is 2.06. The van der Waals surface area contributed by atoms with E-state index in [4.69, 9.17) is 9.47 Å². The number of carbonyl (C=O) groups excluding carboxylic acids is 1. The third kappa shape index (κ3) is 4.07. The summed E-state index contributed by atoms with van der Waals surface area (Å²) in [5.41, 5.74) is 1.60. The van der Waals surface area contributed by atoms with Gasteiger partial charge >= 0.3 is 0 Å². The van der Waals surface area contributed by atoms with Crippen LogP contribution in [0.2, 0.25) is 0 Å². The Labute approximate surface area is 124 Å². The Balaban J connectivity index is 2.01. The first-order valence-electron chi connectivity index (χ1n) is 6.74. The first kappa shape index (κ1) is 15.1. The van der Waals surface area contributed by atoms with Gasteiger partial charge in [0.2, 0.25) is 0 Å². The van der Waals surface area contributed by atoms with Crippen molar-refractivity contribution < 1.29 is 14.3 Å². The second kappa shape index (κ2) is 7.45. The van der Waals surface area contributed by atoms with Crippen LogP contribution in [0.5, 0.6) is 5.75 Å². The van der Waals surface area contributed by atoms with Crippen molar-refractivity contribution in [3.05, 3.63) is 65.7 Å². The summed E-state index contributed by atoms with van der Waals surface area (Å²) in [6, 6.07) is 16.7. The maximum Gasteiger partial charge on any atom is 0.251 e. The van der Waals surface area contributed by atoms with Crippen molar-refractivity contribution in [2.75, 3.05) is 20.8 Å². The van der Waals surface area contributed by atoms with Gasteiger partial charge in [-0.05, 0) is 29.8 Å². The summed E-state index contributed by atoms with van der Waals surface area (Å²) < 4.78 is 10.7. The van der Waals surface area contributed by atoms with Crippen molar-refractivity contribution in [2.45, 2.75) is 6.10 Å². The molecule has 0 aliphatic rings. The van der Waals surface area contributed by atoms with Crippen molar-refractivity contribution in [1.29, 1.82) is 0 Å². The molecule has 1 N–H and O–H groups in total. The van der Waals surface area contributed by atoms with Crippen LogP contribution in [0.15, 0.2) is 54.6 Å². The van der Waals surface area contributed by atoms with E-state index in [2.05, 4.69) is 5.32 Å². The van der Waals surface area contributed by atoms with Gasteiger partial charge < -0.3 is 14.8 Å². The van der Waals surface area contributed by atoms with Crippen LogP contribution < -0.4 is 10.1 Å². The Hall–Kier alpha value is -2.33. The SMILES string of the molecule is COc1cccc(C(CNC(=O)c2ccccc2)OC)c1. The molecule has 0 bridgehead atoms. The van der Waals surface area contributed by atoms with Crippen molar-refractivity contribution >= 4 is 5.91 Å². The van der Waals surface area contributed by atoms with Crippen LogP contribution in [0.3, 0.4) is 0 Å². The Morgan fingerprint density at radius 2 is 1.86 bits per heavy atom. The van der Waals surface area contributed by atoms with Crippen molar-refractivity contribution in [3.63, 3.8) is 0 Å². The Morgan fingerprint density at radius 3 is 2.52 bits per heavy atom. The number of methoxy groups -OCH3 is 2. The van der Waals surface area contributed by atoms with Gasteiger partial charge in [0.25, 0.3) is 5.91 Å². The normalized spacial score (nSPS) is 11.7. The van der Waals surface area contributed by atoms with Crippen LogP contribution in [-0.4, -0.2) is 26.7 Å². The summed E-state index contributed by atoms with van der Waals surface area (Å²) in [5, 5.41) is 2.88. The molecule has 2 aromatic carbocycles. The molecule has 0 radical (unpaired) electrons. The molecule has 21 heavy (non-hydrogen) atoms. The van der Waals surface area contributed by atoms with Crippen molar-refractivity contribution in [1.82, 2.24) is 5.32 Å². The van der Waals surface area contributed by atoms with Gasteiger partial charge in [-0.3, -0.25) is 4.79 Å². The average Bonchev–Trinajstić information content (AvgIpc) is 2.56. The molecule has 0 saturated heterocycles. The van der Waals surface area contributed by atoms with E-state index >= 15 is 0 Å². The van der Waals surface area contributed by atoms with Gasteiger partial charge in [0, 0.05) is 19.2 Å². The summed E-state index contributed by atoms with van der Waals surface area (Å²) in [4.78, 5) is 12.0. The highest BCUT2D eigenvalue weighted by molar-refractivity contribution is 5.94. The first-order chi connectivity index (χ1) is 10.2. The standard InChI is InChI=1S/C17H19NO3/c1-20-15-10-6-9-14(11-15)16(21-2)12-18-17(19)13-7-4-3-5-8-13/h3-11,16H,12H2,1-2H3,(H,18,19).